The van der Waals surface area contributed by atoms with Crippen molar-refractivity contribution in [2.75, 3.05) is 5.73 Å². The lowest BCUT2D eigenvalue weighted by molar-refractivity contribution is -0.384. The van der Waals surface area contributed by atoms with Crippen molar-refractivity contribution in [1.82, 2.24) is 4.98 Å². The van der Waals surface area contributed by atoms with Gasteiger partial charge in [0.05, 0.1) is 10.6 Å². The standard InChI is InChI=1S/C21H18N4O2/c1-2-4-14-7-9-15(10-8-14)20-12-18(19(13-22)21(23)24-20)16-5-3-6-17(11-16)25(26)27/h3,5-12H,2,4H2,1H3,(H2,23,24). The second-order valence-corrected chi connectivity index (χ2v) is 6.18. The first kappa shape index (κ1) is 18.1. The number of aryl methyl sites for hydroxylation is 1. The van der Waals surface area contributed by atoms with Gasteiger partial charge in [0.15, 0.2) is 0 Å². The summed E-state index contributed by atoms with van der Waals surface area (Å²) < 4.78 is 0. The van der Waals surface area contributed by atoms with Crippen LogP contribution in [0.1, 0.15) is 24.5 Å². The van der Waals surface area contributed by atoms with Gasteiger partial charge < -0.3 is 5.73 Å². The fourth-order valence-electron chi connectivity index (χ4n) is 2.98. The first-order chi connectivity index (χ1) is 13.0. The van der Waals surface area contributed by atoms with Gasteiger partial charge in [0.2, 0.25) is 0 Å². The van der Waals surface area contributed by atoms with Gasteiger partial charge in [0.25, 0.3) is 5.69 Å². The van der Waals surface area contributed by atoms with Crippen LogP contribution in [0.15, 0.2) is 54.6 Å². The highest BCUT2D eigenvalue weighted by molar-refractivity contribution is 5.80. The molecule has 0 saturated heterocycles. The van der Waals surface area contributed by atoms with Crippen molar-refractivity contribution in [3.63, 3.8) is 0 Å². The van der Waals surface area contributed by atoms with Crippen LogP contribution in [0.5, 0.6) is 0 Å². The molecule has 0 saturated carbocycles. The number of non-ortho nitro benzene ring substituents is 1. The van der Waals surface area contributed by atoms with Gasteiger partial charge in [0, 0.05) is 23.3 Å². The number of hydrogen-bond donors (Lipinski definition) is 1. The Kier molecular flexibility index (Phi) is 5.13. The molecule has 1 aromatic heterocycles. The normalized spacial score (nSPS) is 10.4. The number of nitro groups is 1. The molecule has 2 aromatic carbocycles. The molecule has 3 aromatic rings. The fraction of sp³-hybridized carbons (Fsp3) is 0.143. The van der Waals surface area contributed by atoms with E-state index in [1.807, 2.05) is 24.3 Å². The SMILES string of the molecule is CCCc1ccc(-c2cc(-c3cccc([N+](=O)[O-])c3)c(C#N)c(N)n2)cc1. The summed E-state index contributed by atoms with van der Waals surface area (Å²) in [7, 11) is 0. The zero-order valence-corrected chi connectivity index (χ0v) is 14.8. The Balaban J connectivity index is 2.13. The third kappa shape index (κ3) is 3.77. The lowest BCUT2D eigenvalue weighted by Gasteiger charge is -2.11. The number of benzene rings is 2. The molecule has 0 amide bonds. The first-order valence-electron chi connectivity index (χ1n) is 8.58. The molecule has 0 aliphatic rings. The summed E-state index contributed by atoms with van der Waals surface area (Å²) in [5.41, 5.74) is 10.00. The van der Waals surface area contributed by atoms with E-state index >= 15 is 0 Å². The van der Waals surface area contributed by atoms with Crippen LogP contribution < -0.4 is 5.73 Å². The minimum absolute atomic E-state index is 0.0442. The molecule has 134 valence electrons. The second kappa shape index (κ2) is 7.67. The third-order valence-corrected chi connectivity index (χ3v) is 4.32. The highest BCUT2D eigenvalue weighted by atomic mass is 16.6. The van der Waals surface area contributed by atoms with Crippen molar-refractivity contribution < 1.29 is 4.92 Å². The van der Waals surface area contributed by atoms with Gasteiger partial charge >= 0.3 is 0 Å². The molecule has 1 heterocycles. The molecule has 0 unspecified atom stereocenters. The number of nitro benzene ring substituents is 1. The Morgan fingerprint density at radius 2 is 1.89 bits per heavy atom. The molecule has 2 N–H and O–H groups in total. The molecule has 6 heteroatoms. The maximum Gasteiger partial charge on any atom is 0.270 e. The molecule has 0 aliphatic carbocycles. The number of rotatable bonds is 5. The van der Waals surface area contributed by atoms with Crippen molar-refractivity contribution in [1.29, 1.82) is 5.26 Å². The maximum atomic E-state index is 11.1. The largest absolute Gasteiger partial charge is 0.383 e. The molecular weight excluding hydrogens is 340 g/mol. The van der Waals surface area contributed by atoms with Crippen LogP contribution in [0.3, 0.4) is 0 Å². The van der Waals surface area contributed by atoms with Gasteiger partial charge in [-0.2, -0.15) is 5.26 Å². The zero-order valence-electron chi connectivity index (χ0n) is 14.8. The molecule has 0 atom stereocenters. The van der Waals surface area contributed by atoms with Gasteiger partial charge in [-0.1, -0.05) is 49.7 Å². The number of aromatic nitrogens is 1. The second-order valence-electron chi connectivity index (χ2n) is 6.18. The van der Waals surface area contributed by atoms with E-state index < -0.39 is 4.92 Å². The molecule has 0 bridgehead atoms. The molecule has 0 spiro atoms. The Morgan fingerprint density at radius 3 is 2.52 bits per heavy atom. The van der Waals surface area contributed by atoms with Gasteiger partial charge in [0.1, 0.15) is 17.5 Å². The first-order valence-corrected chi connectivity index (χ1v) is 8.58. The Bertz CT molecular complexity index is 1040. The van der Waals surface area contributed by atoms with Crippen LogP contribution >= 0.6 is 0 Å². The monoisotopic (exact) mass is 358 g/mol. The van der Waals surface area contributed by atoms with Gasteiger partial charge in [-0.3, -0.25) is 10.1 Å². The molecule has 0 radical (unpaired) electrons. The quantitative estimate of drug-likeness (QED) is 0.524. The van der Waals surface area contributed by atoms with Crippen LogP contribution in [0.25, 0.3) is 22.4 Å². The van der Waals surface area contributed by atoms with Crippen LogP contribution in [0.4, 0.5) is 11.5 Å². The van der Waals surface area contributed by atoms with Crippen LogP contribution in [-0.4, -0.2) is 9.91 Å². The number of anilines is 1. The van der Waals surface area contributed by atoms with E-state index in [1.54, 1.807) is 18.2 Å². The zero-order chi connectivity index (χ0) is 19.4. The lowest BCUT2D eigenvalue weighted by atomic mass is 9.97. The number of hydrogen-bond acceptors (Lipinski definition) is 5. The van der Waals surface area contributed by atoms with E-state index in [0.29, 0.717) is 16.8 Å². The van der Waals surface area contributed by atoms with E-state index in [9.17, 15) is 15.4 Å². The van der Waals surface area contributed by atoms with E-state index in [1.165, 1.54) is 17.7 Å². The highest BCUT2D eigenvalue weighted by Crippen LogP contribution is 2.32. The van der Waals surface area contributed by atoms with Gasteiger partial charge in [-0.05, 0) is 23.6 Å². The molecular formula is C21H18N4O2. The van der Waals surface area contributed by atoms with Gasteiger partial charge in [-0.15, -0.1) is 0 Å². The predicted octanol–water partition coefficient (Wildman–Crippen LogP) is 4.73. The predicted molar refractivity (Wildman–Crippen MR) is 105 cm³/mol. The van der Waals surface area contributed by atoms with Crippen molar-refractivity contribution >= 4 is 11.5 Å². The molecule has 6 nitrogen and oxygen atoms in total. The smallest absolute Gasteiger partial charge is 0.270 e. The minimum Gasteiger partial charge on any atom is -0.383 e. The van der Waals surface area contributed by atoms with E-state index in [-0.39, 0.29) is 17.1 Å². The van der Waals surface area contributed by atoms with Crippen LogP contribution in [0, 0.1) is 21.4 Å². The van der Waals surface area contributed by atoms with Crippen molar-refractivity contribution in [3.05, 3.63) is 75.8 Å². The summed E-state index contributed by atoms with van der Waals surface area (Å²) in [5.74, 6) is 0.106. The number of nitrogens with two attached hydrogens (primary N) is 1. The van der Waals surface area contributed by atoms with Gasteiger partial charge in [-0.25, -0.2) is 4.98 Å². The van der Waals surface area contributed by atoms with E-state index in [2.05, 4.69) is 18.0 Å². The summed E-state index contributed by atoms with van der Waals surface area (Å²) in [4.78, 5) is 15.0. The average molecular weight is 358 g/mol. The van der Waals surface area contributed by atoms with Crippen molar-refractivity contribution in [2.24, 2.45) is 0 Å². The van der Waals surface area contributed by atoms with E-state index in [4.69, 9.17) is 5.73 Å². The number of pyridine rings is 1. The molecule has 0 aliphatic heterocycles. The summed E-state index contributed by atoms with van der Waals surface area (Å²) in [6, 6.07) is 18.0. The van der Waals surface area contributed by atoms with Crippen LogP contribution in [-0.2, 0) is 6.42 Å². The molecule has 3 rings (SSSR count). The number of nitrogens with zero attached hydrogens (tertiary/aromatic N) is 3. The summed E-state index contributed by atoms with van der Waals surface area (Å²) in [5, 5.41) is 20.6. The number of nitrogen functional groups attached to an aromatic ring is 1. The Hall–Kier alpha value is -3.72. The Morgan fingerprint density at radius 1 is 1.15 bits per heavy atom. The third-order valence-electron chi connectivity index (χ3n) is 4.32. The van der Waals surface area contributed by atoms with Crippen molar-refractivity contribution in [3.8, 4) is 28.5 Å². The topological polar surface area (TPSA) is 106 Å². The summed E-state index contributed by atoms with van der Waals surface area (Å²) in [6.07, 6.45) is 2.07. The summed E-state index contributed by atoms with van der Waals surface area (Å²) in [6.45, 7) is 2.13. The minimum atomic E-state index is -0.465. The van der Waals surface area contributed by atoms with Crippen LogP contribution in [0.2, 0.25) is 0 Å². The lowest BCUT2D eigenvalue weighted by Crippen LogP contribution is -2.00. The summed E-state index contributed by atoms with van der Waals surface area (Å²) >= 11 is 0. The highest BCUT2D eigenvalue weighted by Gasteiger charge is 2.15. The van der Waals surface area contributed by atoms with Crippen molar-refractivity contribution in [2.45, 2.75) is 19.8 Å². The maximum absolute atomic E-state index is 11.1. The Labute approximate surface area is 157 Å². The van der Waals surface area contributed by atoms with E-state index in [0.717, 1.165) is 18.4 Å². The molecule has 27 heavy (non-hydrogen) atoms. The molecule has 0 fully saturated rings. The fourth-order valence-corrected chi connectivity index (χ4v) is 2.98. The average Bonchev–Trinajstić information content (AvgIpc) is 2.68. The number of nitriles is 1.